The topological polar surface area (TPSA) is 29.1 Å². The summed E-state index contributed by atoms with van der Waals surface area (Å²) in [5.74, 6) is 0.957. The third kappa shape index (κ3) is 3.08. The van der Waals surface area contributed by atoms with E-state index in [0.717, 1.165) is 25.8 Å². The lowest BCUT2D eigenvalue weighted by molar-refractivity contribution is -0.123. The first-order valence-electron chi connectivity index (χ1n) is 7.73. The molecule has 0 saturated heterocycles. The summed E-state index contributed by atoms with van der Waals surface area (Å²) >= 11 is 3.67. The summed E-state index contributed by atoms with van der Waals surface area (Å²) in [6.45, 7) is 0.847. The van der Waals surface area contributed by atoms with Gasteiger partial charge < -0.3 is 5.32 Å². The van der Waals surface area contributed by atoms with Gasteiger partial charge in [-0.05, 0) is 55.6 Å². The summed E-state index contributed by atoms with van der Waals surface area (Å²) in [7, 11) is 0. The normalized spacial score (nSPS) is 28.9. The molecule has 1 fully saturated rings. The molecule has 0 aromatic heterocycles. The molecule has 20 heavy (non-hydrogen) atoms. The Morgan fingerprint density at radius 2 is 2.10 bits per heavy atom. The van der Waals surface area contributed by atoms with Crippen molar-refractivity contribution in [2.45, 2.75) is 49.3 Å². The van der Waals surface area contributed by atoms with Gasteiger partial charge in [-0.2, -0.15) is 0 Å². The number of nitrogens with one attached hydrogen (secondary N) is 1. The zero-order valence-electron chi connectivity index (χ0n) is 11.8. The zero-order valence-corrected chi connectivity index (χ0v) is 13.4. The van der Waals surface area contributed by atoms with Gasteiger partial charge in [0.1, 0.15) is 0 Å². The lowest BCUT2D eigenvalue weighted by Gasteiger charge is -2.25. The van der Waals surface area contributed by atoms with Gasteiger partial charge in [-0.25, -0.2) is 0 Å². The Bertz CT molecular complexity index is 488. The molecule has 2 nitrogen and oxygen atoms in total. The maximum atomic E-state index is 12.5. The standard InChI is InChI=1S/C17H22BrNO/c18-14-9-8-12(10-14)11-19-17(20)16-7-3-5-13-4-1-2-6-15(13)16/h1-2,4,6,12,14,16H,3,5,7-11H2,(H,19,20). The third-order valence-corrected chi connectivity index (χ3v) is 5.56. The van der Waals surface area contributed by atoms with Gasteiger partial charge >= 0.3 is 0 Å². The molecule has 0 heterocycles. The number of hydrogen-bond acceptors (Lipinski definition) is 1. The molecule has 0 spiro atoms. The highest BCUT2D eigenvalue weighted by Crippen LogP contribution is 2.33. The number of benzene rings is 1. The highest BCUT2D eigenvalue weighted by molar-refractivity contribution is 9.09. The number of halogens is 1. The van der Waals surface area contributed by atoms with Crippen molar-refractivity contribution in [2.24, 2.45) is 5.92 Å². The predicted octanol–water partition coefficient (Wildman–Crippen LogP) is 3.79. The summed E-state index contributed by atoms with van der Waals surface area (Å²) in [5, 5.41) is 3.20. The van der Waals surface area contributed by atoms with E-state index in [4.69, 9.17) is 0 Å². The van der Waals surface area contributed by atoms with Crippen LogP contribution in [0.5, 0.6) is 0 Å². The number of aryl methyl sites for hydroxylation is 1. The second kappa shape index (κ2) is 6.30. The van der Waals surface area contributed by atoms with Crippen molar-refractivity contribution in [2.75, 3.05) is 6.54 Å². The molecule has 1 aromatic rings. The predicted molar refractivity (Wildman–Crippen MR) is 85.2 cm³/mol. The highest BCUT2D eigenvalue weighted by Gasteiger charge is 2.28. The van der Waals surface area contributed by atoms with Crippen molar-refractivity contribution < 1.29 is 4.79 Å². The number of carbonyl (C=O) groups is 1. The van der Waals surface area contributed by atoms with Gasteiger partial charge in [0.2, 0.25) is 5.91 Å². The lowest BCUT2D eigenvalue weighted by Crippen LogP contribution is -2.34. The van der Waals surface area contributed by atoms with Gasteiger partial charge in [0.25, 0.3) is 0 Å². The Hall–Kier alpha value is -0.830. The molecule has 1 saturated carbocycles. The van der Waals surface area contributed by atoms with Crippen LogP contribution < -0.4 is 5.32 Å². The number of rotatable bonds is 3. The Morgan fingerprint density at radius 1 is 1.25 bits per heavy atom. The van der Waals surface area contributed by atoms with Crippen LogP contribution >= 0.6 is 15.9 Å². The van der Waals surface area contributed by atoms with E-state index in [0.29, 0.717) is 10.7 Å². The number of alkyl halides is 1. The van der Waals surface area contributed by atoms with Crippen LogP contribution in [0.25, 0.3) is 0 Å². The fourth-order valence-electron chi connectivity index (χ4n) is 3.59. The van der Waals surface area contributed by atoms with Crippen molar-refractivity contribution >= 4 is 21.8 Å². The molecule has 1 N–H and O–H groups in total. The van der Waals surface area contributed by atoms with E-state index in [1.54, 1.807) is 0 Å². The molecule has 108 valence electrons. The molecule has 3 atom stereocenters. The summed E-state index contributed by atoms with van der Waals surface area (Å²) in [5.41, 5.74) is 2.61. The maximum Gasteiger partial charge on any atom is 0.227 e. The van der Waals surface area contributed by atoms with Gasteiger partial charge in [0.05, 0.1) is 5.92 Å². The average molecular weight is 336 g/mol. The van der Waals surface area contributed by atoms with E-state index in [1.807, 2.05) is 0 Å². The van der Waals surface area contributed by atoms with E-state index >= 15 is 0 Å². The summed E-state index contributed by atoms with van der Waals surface area (Å²) in [6.07, 6.45) is 6.91. The van der Waals surface area contributed by atoms with Crippen LogP contribution in [-0.2, 0) is 11.2 Å². The SMILES string of the molecule is O=C(NCC1CCC(Br)C1)C1CCCc2ccccc21. The number of carbonyl (C=O) groups excluding carboxylic acids is 1. The Kier molecular flexibility index (Phi) is 4.45. The van der Waals surface area contributed by atoms with E-state index < -0.39 is 0 Å². The molecular formula is C17H22BrNO. The van der Waals surface area contributed by atoms with Crippen LogP contribution in [0.3, 0.4) is 0 Å². The first kappa shape index (κ1) is 14.1. The second-order valence-electron chi connectivity index (χ2n) is 6.17. The first-order valence-corrected chi connectivity index (χ1v) is 8.65. The molecule has 2 aliphatic rings. The molecule has 3 heteroatoms. The fourth-order valence-corrected chi connectivity index (χ4v) is 4.39. The molecular weight excluding hydrogens is 314 g/mol. The van der Waals surface area contributed by atoms with Crippen molar-refractivity contribution in [1.29, 1.82) is 0 Å². The maximum absolute atomic E-state index is 12.5. The summed E-state index contributed by atoms with van der Waals surface area (Å²) < 4.78 is 0. The van der Waals surface area contributed by atoms with Crippen LogP contribution in [0.1, 0.15) is 49.1 Å². The molecule has 2 aliphatic carbocycles. The van der Waals surface area contributed by atoms with Crippen LogP contribution in [0, 0.1) is 5.92 Å². The Labute approximate surface area is 129 Å². The van der Waals surface area contributed by atoms with E-state index in [-0.39, 0.29) is 11.8 Å². The highest BCUT2D eigenvalue weighted by atomic mass is 79.9. The van der Waals surface area contributed by atoms with Gasteiger partial charge in [0, 0.05) is 11.4 Å². The van der Waals surface area contributed by atoms with Crippen LogP contribution in [0.15, 0.2) is 24.3 Å². The molecule has 1 amide bonds. The van der Waals surface area contributed by atoms with Crippen molar-refractivity contribution in [3.63, 3.8) is 0 Å². The quantitative estimate of drug-likeness (QED) is 0.836. The van der Waals surface area contributed by atoms with Crippen LogP contribution in [0.2, 0.25) is 0 Å². The van der Waals surface area contributed by atoms with E-state index in [9.17, 15) is 4.79 Å². The second-order valence-corrected chi connectivity index (χ2v) is 7.46. The molecule has 0 bridgehead atoms. The first-order chi connectivity index (χ1) is 9.74. The summed E-state index contributed by atoms with van der Waals surface area (Å²) in [6, 6.07) is 8.43. The van der Waals surface area contributed by atoms with Gasteiger partial charge in [-0.1, -0.05) is 40.2 Å². The number of amides is 1. The monoisotopic (exact) mass is 335 g/mol. The third-order valence-electron chi connectivity index (χ3n) is 4.73. The summed E-state index contributed by atoms with van der Waals surface area (Å²) in [4.78, 5) is 13.1. The molecule has 3 rings (SSSR count). The van der Waals surface area contributed by atoms with Gasteiger partial charge in [-0.3, -0.25) is 4.79 Å². The Morgan fingerprint density at radius 3 is 2.90 bits per heavy atom. The molecule has 3 unspecified atom stereocenters. The fraction of sp³-hybridized carbons (Fsp3) is 0.588. The minimum atomic E-state index is 0.0705. The minimum Gasteiger partial charge on any atom is -0.355 e. The Balaban J connectivity index is 1.60. The number of fused-ring (bicyclic) bond motifs is 1. The van der Waals surface area contributed by atoms with Crippen LogP contribution in [-0.4, -0.2) is 17.3 Å². The number of hydrogen-bond donors (Lipinski definition) is 1. The lowest BCUT2D eigenvalue weighted by atomic mass is 9.82. The van der Waals surface area contributed by atoms with Crippen molar-refractivity contribution in [1.82, 2.24) is 5.32 Å². The average Bonchev–Trinajstić information content (AvgIpc) is 2.90. The minimum absolute atomic E-state index is 0.0705. The molecule has 1 aromatic carbocycles. The van der Waals surface area contributed by atoms with Crippen molar-refractivity contribution in [3.05, 3.63) is 35.4 Å². The molecule has 0 radical (unpaired) electrons. The largest absolute Gasteiger partial charge is 0.355 e. The zero-order chi connectivity index (χ0) is 13.9. The van der Waals surface area contributed by atoms with Crippen molar-refractivity contribution in [3.8, 4) is 0 Å². The smallest absolute Gasteiger partial charge is 0.227 e. The van der Waals surface area contributed by atoms with Gasteiger partial charge in [-0.15, -0.1) is 0 Å². The van der Waals surface area contributed by atoms with E-state index in [2.05, 4.69) is 45.5 Å². The van der Waals surface area contributed by atoms with Crippen LogP contribution in [0.4, 0.5) is 0 Å². The molecule has 0 aliphatic heterocycles. The van der Waals surface area contributed by atoms with Gasteiger partial charge in [0.15, 0.2) is 0 Å². The van der Waals surface area contributed by atoms with E-state index in [1.165, 1.54) is 30.4 Å².